The van der Waals surface area contributed by atoms with Crippen molar-refractivity contribution in [2.24, 2.45) is 10.3 Å². The fraction of sp³-hybridized carbons (Fsp3) is 0.478. The summed E-state index contributed by atoms with van der Waals surface area (Å²) >= 11 is 0. The molecule has 1 aromatic carbocycles. The van der Waals surface area contributed by atoms with Crippen LogP contribution in [-0.2, 0) is 22.8 Å². The average molecular weight is 479 g/mol. The third-order valence-corrected chi connectivity index (χ3v) is 4.60. The molecule has 34 heavy (non-hydrogen) atoms. The number of rotatable bonds is 11. The number of hydrogen-bond acceptors (Lipinski definition) is 8. The van der Waals surface area contributed by atoms with Crippen LogP contribution in [-0.4, -0.2) is 45.5 Å². The minimum Gasteiger partial charge on any atom is -0.496 e. The van der Waals surface area contributed by atoms with Gasteiger partial charge in [0, 0.05) is 11.8 Å². The first-order valence-electron chi connectivity index (χ1n) is 10.7. The van der Waals surface area contributed by atoms with E-state index in [1.54, 1.807) is 34.6 Å². The molecular weight excluding hydrogens is 447 g/mol. The number of benzene rings is 1. The zero-order chi connectivity index (χ0) is 25.4. The minimum atomic E-state index is -1.30. The van der Waals surface area contributed by atoms with E-state index in [9.17, 15) is 19.1 Å². The topological polar surface area (TPSA) is 117 Å². The van der Waals surface area contributed by atoms with Crippen molar-refractivity contribution in [3.05, 3.63) is 62.2 Å². The van der Waals surface area contributed by atoms with Crippen LogP contribution in [0.1, 0.15) is 51.8 Å². The summed E-state index contributed by atoms with van der Waals surface area (Å²) in [7, 11) is 1.39. The normalized spacial score (nSPS) is 12.4. The molecule has 11 heteroatoms. The van der Waals surface area contributed by atoms with E-state index in [-0.39, 0.29) is 48.4 Å². The molecule has 0 amide bonds. The Hall–Kier alpha value is -3.47. The SMILES string of the molecule is COc1ccc(F)cc1C(O)Cn1cc(/C(C)=N/OC(C)C)c(=O)n(CCON=C(C)C)c1=O. The molecule has 1 unspecified atom stereocenters. The van der Waals surface area contributed by atoms with Gasteiger partial charge in [0.1, 0.15) is 30.4 Å². The van der Waals surface area contributed by atoms with Crippen molar-refractivity contribution in [1.82, 2.24) is 9.13 Å². The number of nitrogens with zero attached hydrogens (tertiary/aromatic N) is 4. The van der Waals surface area contributed by atoms with E-state index >= 15 is 0 Å². The van der Waals surface area contributed by atoms with Crippen molar-refractivity contribution < 1.29 is 23.9 Å². The Morgan fingerprint density at radius 3 is 2.50 bits per heavy atom. The predicted octanol–water partition coefficient (Wildman–Crippen LogP) is 2.45. The lowest BCUT2D eigenvalue weighted by atomic mass is 10.1. The highest BCUT2D eigenvalue weighted by molar-refractivity contribution is 5.97. The van der Waals surface area contributed by atoms with Crippen LogP contribution >= 0.6 is 0 Å². The van der Waals surface area contributed by atoms with Gasteiger partial charge in [-0.25, -0.2) is 9.18 Å². The van der Waals surface area contributed by atoms with Crippen LogP contribution < -0.4 is 16.0 Å². The third kappa shape index (κ3) is 7.01. The molecule has 2 rings (SSSR count). The maximum atomic E-state index is 13.8. The first-order chi connectivity index (χ1) is 16.0. The van der Waals surface area contributed by atoms with Crippen molar-refractivity contribution in [2.45, 2.75) is 59.9 Å². The summed E-state index contributed by atoms with van der Waals surface area (Å²) in [6.45, 7) is 8.26. The van der Waals surface area contributed by atoms with E-state index in [1.165, 1.54) is 25.4 Å². The van der Waals surface area contributed by atoms with Crippen LogP contribution in [0.15, 0.2) is 44.3 Å². The Kier molecular flexibility index (Phi) is 9.55. The fourth-order valence-corrected chi connectivity index (χ4v) is 3.02. The first kappa shape index (κ1) is 26.8. The first-order valence-corrected chi connectivity index (χ1v) is 10.7. The number of ether oxygens (including phenoxy) is 1. The Morgan fingerprint density at radius 1 is 1.18 bits per heavy atom. The van der Waals surface area contributed by atoms with E-state index in [1.807, 2.05) is 0 Å². The number of halogens is 1. The maximum Gasteiger partial charge on any atom is 0.331 e. The van der Waals surface area contributed by atoms with Crippen LogP contribution in [0.5, 0.6) is 5.75 Å². The van der Waals surface area contributed by atoms with Crippen LogP contribution in [0.2, 0.25) is 0 Å². The Balaban J connectivity index is 2.52. The molecule has 10 nitrogen and oxygen atoms in total. The second-order valence-corrected chi connectivity index (χ2v) is 8.04. The highest BCUT2D eigenvalue weighted by Crippen LogP contribution is 2.26. The van der Waals surface area contributed by atoms with Crippen LogP contribution in [0.25, 0.3) is 0 Å². The number of hydrogen-bond donors (Lipinski definition) is 1. The minimum absolute atomic E-state index is 0.0251. The lowest BCUT2D eigenvalue weighted by Gasteiger charge is -2.18. The van der Waals surface area contributed by atoms with E-state index in [0.29, 0.717) is 5.71 Å². The van der Waals surface area contributed by atoms with Gasteiger partial charge in [-0.05, 0) is 52.8 Å². The lowest BCUT2D eigenvalue weighted by molar-refractivity contribution is 0.0859. The maximum absolute atomic E-state index is 13.8. The summed E-state index contributed by atoms with van der Waals surface area (Å²) in [6, 6.07) is 3.72. The molecule has 1 aromatic heterocycles. The molecule has 0 fully saturated rings. The van der Waals surface area contributed by atoms with E-state index in [2.05, 4.69) is 10.3 Å². The van der Waals surface area contributed by atoms with Crippen LogP contribution in [0.3, 0.4) is 0 Å². The van der Waals surface area contributed by atoms with Crippen molar-refractivity contribution in [1.29, 1.82) is 0 Å². The predicted molar refractivity (Wildman–Crippen MR) is 126 cm³/mol. The van der Waals surface area contributed by atoms with Gasteiger partial charge in [-0.1, -0.05) is 10.3 Å². The molecule has 0 aliphatic carbocycles. The van der Waals surface area contributed by atoms with E-state index in [4.69, 9.17) is 14.4 Å². The number of oxime groups is 2. The summed E-state index contributed by atoms with van der Waals surface area (Å²) in [6.07, 6.45) is -0.211. The third-order valence-electron chi connectivity index (χ3n) is 4.60. The quantitative estimate of drug-likeness (QED) is 0.301. The van der Waals surface area contributed by atoms with Gasteiger partial charge in [0.2, 0.25) is 0 Å². The summed E-state index contributed by atoms with van der Waals surface area (Å²) in [4.78, 5) is 36.5. The second-order valence-electron chi connectivity index (χ2n) is 8.04. The lowest BCUT2D eigenvalue weighted by Crippen LogP contribution is -2.43. The number of aromatic nitrogens is 2. The molecule has 0 saturated carbocycles. The molecule has 0 aliphatic heterocycles. The molecule has 2 aromatic rings. The highest BCUT2D eigenvalue weighted by Gasteiger charge is 2.20. The van der Waals surface area contributed by atoms with Crippen LogP contribution in [0.4, 0.5) is 4.39 Å². The van der Waals surface area contributed by atoms with Gasteiger partial charge >= 0.3 is 5.69 Å². The largest absolute Gasteiger partial charge is 0.496 e. The molecule has 1 atom stereocenters. The average Bonchev–Trinajstić information content (AvgIpc) is 2.78. The van der Waals surface area contributed by atoms with E-state index < -0.39 is 23.2 Å². The summed E-state index contributed by atoms with van der Waals surface area (Å²) in [5, 5.41) is 18.6. The Morgan fingerprint density at radius 2 is 1.88 bits per heavy atom. The summed E-state index contributed by atoms with van der Waals surface area (Å²) in [5.74, 6) is -0.301. The van der Waals surface area contributed by atoms with Gasteiger partial charge in [0.15, 0.2) is 0 Å². The van der Waals surface area contributed by atoms with Gasteiger partial charge < -0.3 is 19.5 Å². The molecule has 186 valence electrons. The van der Waals surface area contributed by atoms with Gasteiger partial charge in [-0.15, -0.1) is 0 Å². The molecule has 0 aliphatic rings. The fourth-order valence-electron chi connectivity index (χ4n) is 3.02. The number of aliphatic hydroxyl groups excluding tert-OH is 1. The zero-order valence-electron chi connectivity index (χ0n) is 20.2. The molecule has 0 bridgehead atoms. The van der Waals surface area contributed by atoms with Gasteiger partial charge in [-0.3, -0.25) is 13.9 Å². The van der Waals surface area contributed by atoms with Gasteiger partial charge in [0.25, 0.3) is 5.56 Å². The highest BCUT2D eigenvalue weighted by atomic mass is 19.1. The number of methoxy groups -OCH3 is 1. The summed E-state index contributed by atoms with van der Waals surface area (Å²) in [5.41, 5.74) is -0.0657. The monoisotopic (exact) mass is 478 g/mol. The molecule has 0 saturated heterocycles. The van der Waals surface area contributed by atoms with Gasteiger partial charge in [-0.2, -0.15) is 0 Å². The van der Waals surface area contributed by atoms with Crippen molar-refractivity contribution >= 4 is 11.4 Å². The van der Waals surface area contributed by atoms with Gasteiger partial charge in [0.05, 0.1) is 37.2 Å². The molecule has 1 heterocycles. The van der Waals surface area contributed by atoms with Crippen molar-refractivity contribution in [3.8, 4) is 5.75 Å². The molecule has 1 N–H and O–H groups in total. The molecule has 0 radical (unpaired) electrons. The number of aliphatic hydroxyl groups is 1. The zero-order valence-corrected chi connectivity index (χ0v) is 20.2. The van der Waals surface area contributed by atoms with Crippen molar-refractivity contribution in [2.75, 3.05) is 13.7 Å². The standard InChI is InChI=1S/C23H31FN4O6/c1-14(2)25-33-10-9-28-22(30)19(16(5)26-34-15(3)4)12-27(23(28)31)13-20(29)18-11-17(24)7-8-21(18)32-6/h7-8,11-12,15,20,29H,9-10,13H2,1-6H3/b26-16+. The second kappa shape index (κ2) is 12.1. The van der Waals surface area contributed by atoms with E-state index in [0.717, 1.165) is 15.2 Å². The Bertz CT molecular complexity index is 1170. The summed E-state index contributed by atoms with van der Waals surface area (Å²) < 4.78 is 21.1. The van der Waals surface area contributed by atoms with Crippen molar-refractivity contribution in [3.63, 3.8) is 0 Å². The Labute approximate surface area is 196 Å². The molecule has 0 spiro atoms. The van der Waals surface area contributed by atoms with Crippen LogP contribution in [0, 0.1) is 5.82 Å². The smallest absolute Gasteiger partial charge is 0.331 e. The molecular formula is C23H31FN4O6.